The monoisotopic (exact) mass is 461 g/mol. The van der Waals surface area contributed by atoms with E-state index < -0.39 is 0 Å². The van der Waals surface area contributed by atoms with Crippen molar-refractivity contribution < 1.29 is 4.42 Å². The molecule has 0 fully saturated rings. The lowest BCUT2D eigenvalue weighted by molar-refractivity contribution is 0.311. The van der Waals surface area contributed by atoms with Gasteiger partial charge in [0.25, 0.3) is 5.56 Å². The summed E-state index contributed by atoms with van der Waals surface area (Å²) >= 11 is 0. The van der Waals surface area contributed by atoms with Gasteiger partial charge in [0.1, 0.15) is 16.9 Å². The lowest BCUT2D eigenvalue weighted by atomic mass is 10.1. The molecule has 0 spiro atoms. The van der Waals surface area contributed by atoms with Crippen molar-refractivity contribution in [1.82, 2.24) is 24.6 Å². The summed E-state index contributed by atoms with van der Waals surface area (Å²) in [6, 6.07) is 27.8. The molecular weight excluding hydrogens is 438 g/mol. The highest BCUT2D eigenvalue weighted by atomic mass is 16.3. The number of hydrogen-bond acceptors (Lipinski definition) is 5. The average molecular weight is 462 g/mol. The van der Waals surface area contributed by atoms with Crippen molar-refractivity contribution in [3.05, 3.63) is 113 Å². The van der Waals surface area contributed by atoms with Gasteiger partial charge >= 0.3 is 0 Å². The first-order valence-corrected chi connectivity index (χ1v) is 11.4. The molecule has 0 aliphatic carbocycles. The molecule has 0 aliphatic rings. The summed E-state index contributed by atoms with van der Waals surface area (Å²) in [4.78, 5) is 22.4. The number of para-hydroxylation sites is 2. The molecule has 0 unspecified atom stereocenters. The minimum Gasteiger partial charge on any atom is -0.449 e. The molecular formula is C28H23N5O2. The van der Waals surface area contributed by atoms with Crippen molar-refractivity contribution in [1.29, 1.82) is 0 Å². The van der Waals surface area contributed by atoms with E-state index >= 15 is 0 Å². The van der Waals surface area contributed by atoms with Gasteiger partial charge in [-0.25, -0.2) is 9.67 Å². The van der Waals surface area contributed by atoms with E-state index in [0.717, 1.165) is 27.9 Å². The Bertz CT molecular complexity index is 1680. The first-order valence-electron chi connectivity index (χ1n) is 11.4. The zero-order valence-corrected chi connectivity index (χ0v) is 19.2. The van der Waals surface area contributed by atoms with Gasteiger partial charge < -0.3 is 9.40 Å². The van der Waals surface area contributed by atoms with Gasteiger partial charge in [-0.05, 0) is 31.3 Å². The summed E-state index contributed by atoms with van der Waals surface area (Å²) in [6.45, 7) is 1.10. The Morgan fingerprint density at radius 1 is 0.914 bits per heavy atom. The summed E-state index contributed by atoms with van der Waals surface area (Å²) in [5.41, 5.74) is 5.31. The largest absolute Gasteiger partial charge is 0.449 e. The first kappa shape index (κ1) is 21.1. The van der Waals surface area contributed by atoms with Crippen molar-refractivity contribution in [2.24, 2.45) is 0 Å². The molecule has 0 saturated carbocycles. The van der Waals surface area contributed by atoms with Gasteiger partial charge in [0.15, 0.2) is 0 Å². The quantitative estimate of drug-likeness (QED) is 0.371. The molecule has 3 aromatic heterocycles. The molecule has 0 atom stereocenters. The standard InChI is InChI=1S/C28H23N5O2/c1-32(18-24-29-26-22-14-8-9-15-23(22)35-27(26)28(34)30-24)16-20-17-33(21-12-6-3-7-13-21)31-25(20)19-10-4-2-5-11-19/h2-15,17H,16,18H2,1H3,(H,29,30,34). The number of aromatic amines is 1. The molecule has 3 aromatic carbocycles. The smallest absolute Gasteiger partial charge is 0.294 e. The second kappa shape index (κ2) is 8.70. The van der Waals surface area contributed by atoms with Crippen molar-refractivity contribution in [3.8, 4) is 16.9 Å². The Kier molecular flexibility index (Phi) is 5.24. The van der Waals surface area contributed by atoms with Crippen LogP contribution >= 0.6 is 0 Å². The normalized spacial score (nSPS) is 11.6. The molecule has 7 heteroatoms. The lowest BCUT2D eigenvalue weighted by Gasteiger charge is -2.16. The summed E-state index contributed by atoms with van der Waals surface area (Å²) in [6.07, 6.45) is 2.07. The van der Waals surface area contributed by atoms with Crippen molar-refractivity contribution in [2.75, 3.05) is 7.05 Å². The molecule has 0 amide bonds. The van der Waals surface area contributed by atoms with E-state index in [-0.39, 0.29) is 11.1 Å². The maximum atomic E-state index is 12.7. The van der Waals surface area contributed by atoms with E-state index in [4.69, 9.17) is 14.5 Å². The van der Waals surface area contributed by atoms with Crippen molar-refractivity contribution >= 4 is 22.1 Å². The van der Waals surface area contributed by atoms with Gasteiger partial charge in [0.05, 0.1) is 17.9 Å². The Morgan fingerprint density at radius 3 is 2.43 bits per heavy atom. The third-order valence-electron chi connectivity index (χ3n) is 6.00. The Balaban J connectivity index is 1.33. The number of H-pyrrole nitrogens is 1. The highest BCUT2D eigenvalue weighted by Gasteiger charge is 2.17. The van der Waals surface area contributed by atoms with Gasteiger partial charge in [0.2, 0.25) is 5.58 Å². The highest BCUT2D eigenvalue weighted by Crippen LogP contribution is 2.26. The van der Waals surface area contributed by atoms with Crippen molar-refractivity contribution in [2.45, 2.75) is 13.1 Å². The fourth-order valence-electron chi connectivity index (χ4n) is 4.40. The van der Waals surface area contributed by atoms with E-state index in [9.17, 15) is 4.79 Å². The third kappa shape index (κ3) is 4.02. The van der Waals surface area contributed by atoms with Gasteiger partial charge in [-0.3, -0.25) is 9.69 Å². The molecule has 0 bridgehead atoms. The van der Waals surface area contributed by atoms with Crippen molar-refractivity contribution in [3.63, 3.8) is 0 Å². The molecule has 1 N–H and O–H groups in total. The zero-order valence-electron chi connectivity index (χ0n) is 19.2. The SMILES string of the molecule is CN(Cc1nc2c(oc3ccccc32)c(=O)[nH]1)Cc1cn(-c2ccccc2)nc1-c1ccccc1. The van der Waals surface area contributed by atoms with E-state index in [1.165, 1.54) is 0 Å². The van der Waals surface area contributed by atoms with Crippen LogP contribution in [-0.2, 0) is 13.1 Å². The first-order chi connectivity index (χ1) is 17.2. The molecule has 172 valence electrons. The van der Waals surface area contributed by atoms with Crippen LogP contribution in [0.15, 0.2) is 100 Å². The molecule has 0 aliphatic heterocycles. The molecule has 6 rings (SSSR count). The predicted octanol–water partition coefficient (Wildman–Crippen LogP) is 5.15. The van der Waals surface area contributed by atoms with E-state index in [1.807, 2.05) is 84.5 Å². The number of hydrogen-bond donors (Lipinski definition) is 1. The molecule has 0 saturated heterocycles. The summed E-state index contributed by atoms with van der Waals surface area (Å²) < 4.78 is 7.63. The number of nitrogens with zero attached hydrogens (tertiary/aromatic N) is 4. The number of fused-ring (bicyclic) bond motifs is 3. The van der Waals surface area contributed by atoms with Crippen LogP contribution in [0, 0.1) is 0 Å². The number of rotatable bonds is 6. The average Bonchev–Trinajstić information content (AvgIpc) is 3.47. The van der Waals surface area contributed by atoms with Gasteiger partial charge in [0, 0.05) is 29.3 Å². The predicted molar refractivity (Wildman–Crippen MR) is 136 cm³/mol. The summed E-state index contributed by atoms with van der Waals surface area (Å²) in [5.74, 6) is 0.591. The van der Waals surface area contributed by atoms with Gasteiger partial charge in [-0.1, -0.05) is 60.7 Å². The fraction of sp³-hybridized carbons (Fsp3) is 0.107. The van der Waals surface area contributed by atoms with Crippen LogP contribution in [0.3, 0.4) is 0 Å². The van der Waals surface area contributed by atoms with Crippen LogP contribution in [0.4, 0.5) is 0 Å². The fourth-order valence-corrected chi connectivity index (χ4v) is 4.40. The second-order valence-electron chi connectivity index (χ2n) is 8.61. The van der Waals surface area contributed by atoms with Crippen LogP contribution in [0.25, 0.3) is 39.0 Å². The summed E-state index contributed by atoms with van der Waals surface area (Å²) in [7, 11) is 2.01. The maximum Gasteiger partial charge on any atom is 0.294 e. The Labute approximate surface area is 201 Å². The molecule has 35 heavy (non-hydrogen) atoms. The number of furan rings is 1. The van der Waals surface area contributed by atoms with E-state index in [2.05, 4.69) is 28.2 Å². The molecule has 7 nitrogen and oxygen atoms in total. The van der Waals surface area contributed by atoms with Crippen LogP contribution in [-0.4, -0.2) is 31.7 Å². The van der Waals surface area contributed by atoms with Crippen LogP contribution in [0.2, 0.25) is 0 Å². The number of benzene rings is 3. The molecule has 3 heterocycles. The summed E-state index contributed by atoms with van der Waals surface area (Å²) in [5, 5.41) is 5.74. The van der Waals surface area contributed by atoms with Crippen LogP contribution < -0.4 is 5.56 Å². The Hall–Kier alpha value is -4.49. The van der Waals surface area contributed by atoms with E-state index in [1.54, 1.807) is 0 Å². The highest BCUT2D eigenvalue weighted by molar-refractivity contribution is 6.01. The third-order valence-corrected chi connectivity index (χ3v) is 6.00. The number of aromatic nitrogens is 4. The van der Waals surface area contributed by atoms with E-state index in [0.29, 0.717) is 30.0 Å². The minimum atomic E-state index is -0.267. The lowest BCUT2D eigenvalue weighted by Crippen LogP contribution is -2.21. The maximum absolute atomic E-state index is 12.7. The van der Waals surface area contributed by atoms with Crippen LogP contribution in [0.1, 0.15) is 11.4 Å². The van der Waals surface area contributed by atoms with Gasteiger partial charge in [-0.2, -0.15) is 5.10 Å². The topological polar surface area (TPSA) is 80.0 Å². The van der Waals surface area contributed by atoms with Gasteiger partial charge in [-0.15, -0.1) is 0 Å². The minimum absolute atomic E-state index is 0.258. The molecule has 0 radical (unpaired) electrons. The van der Waals surface area contributed by atoms with Crippen LogP contribution in [0.5, 0.6) is 0 Å². The zero-order chi connectivity index (χ0) is 23.8. The molecule has 6 aromatic rings. The second-order valence-corrected chi connectivity index (χ2v) is 8.61. The Morgan fingerprint density at radius 2 is 1.63 bits per heavy atom. The number of nitrogens with one attached hydrogen (secondary N) is 1.